The quantitative estimate of drug-likeness (QED) is 0.598. The number of aliphatic carboxylic acids is 2. The summed E-state index contributed by atoms with van der Waals surface area (Å²) in [4.78, 5) is 22.3. The smallest absolute Gasteiger partial charge is 0.0476 e. The van der Waals surface area contributed by atoms with Gasteiger partial charge in [-0.1, -0.05) is 12.8 Å². The second kappa shape index (κ2) is 3.22. The first-order valence-electron chi connectivity index (χ1n) is 5.44. The van der Waals surface area contributed by atoms with Crippen LogP contribution in [-0.4, -0.2) is 11.9 Å². The van der Waals surface area contributed by atoms with E-state index in [2.05, 4.69) is 0 Å². The van der Waals surface area contributed by atoms with Gasteiger partial charge in [0.05, 0.1) is 0 Å². The third-order valence-electron chi connectivity index (χ3n) is 4.16. The fraction of sp³-hybridized carbons (Fsp3) is 0.818. The molecule has 0 aromatic carbocycles. The highest BCUT2D eigenvalue weighted by Crippen LogP contribution is 2.55. The molecule has 84 valence electrons. The second-order valence-corrected chi connectivity index (χ2v) is 5.02. The molecule has 0 radical (unpaired) electrons. The summed E-state index contributed by atoms with van der Waals surface area (Å²) < 4.78 is 0. The summed E-state index contributed by atoms with van der Waals surface area (Å²) in [5.41, 5.74) is -1.78. The van der Waals surface area contributed by atoms with Gasteiger partial charge in [0.25, 0.3) is 0 Å². The van der Waals surface area contributed by atoms with Crippen LogP contribution >= 0.6 is 0 Å². The lowest BCUT2D eigenvalue weighted by atomic mass is 9.55. The minimum Gasteiger partial charge on any atom is -0.550 e. The Bertz CT molecular complexity index is 270. The van der Waals surface area contributed by atoms with Crippen LogP contribution in [0.3, 0.4) is 0 Å². The van der Waals surface area contributed by atoms with E-state index in [9.17, 15) is 19.8 Å². The number of rotatable bonds is 2. The molecule has 0 aromatic rings. The molecule has 2 saturated carbocycles. The predicted octanol–water partition coefficient (Wildman–Crippen LogP) is -0.783. The van der Waals surface area contributed by atoms with E-state index in [4.69, 9.17) is 0 Å². The zero-order valence-electron chi connectivity index (χ0n) is 8.58. The van der Waals surface area contributed by atoms with E-state index in [0.29, 0.717) is 38.5 Å². The van der Waals surface area contributed by atoms with Crippen LogP contribution in [0.5, 0.6) is 0 Å². The van der Waals surface area contributed by atoms with Crippen molar-refractivity contribution >= 4 is 11.9 Å². The summed E-state index contributed by atoms with van der Waals surface area (Å²) >= 11 is 0. The van der Waals surface area contributed by atoms with Gasteiger partial charge in [-0.05, 0) is 32.1 Å². The Labute approximate surface area is 88.3 Å². The summed E-state index contributed by atoms with van der Waals surface area (Å²) in [6.45, 7) is 0. The van der Waals surface area contributed by atoms with E-state index in [1.165, 1.54) is 0 Å². The second-order valence-electron chi connectivity index (χ2n) is 5.02. The molecule has 0 aromatic heterocycles. The normalized spacial score (nSPS) is 39.7. The maximum atomic E-state index is 11.1. The van der Waals surface area contributed by atoms with E-state index >= 15 is 0 Å². The van der Waals surface area contributed by atoms with Gasteiger partial charge in [-0.25, -0.2) is 0 Å². The maximum Gasteiger partial charge on any atom is 0.0476 e. The summed E-state index contributed by atoms with van der Waals surface area (Å²) in [7, 11) is 0. The number of fused-ring (bicyclic) bond motifs is 2. The first-order valence-corrected chi connectivity index (χ1v) is 5.44. The predicted molar refractivity (Wildman–Crippen MR) is 47.2 cm³/mol. The van der Waals surface area contributed by atoms with Crippen LogP contribution in [-0.2, 0) is 9.59 Å². The largest absolute Gasteiger partial charge is 0.550 e. The number of carbonyl (C=O) groups is 2. The topological polar surface area (TPSA) is 80.3 Å². The summed E-state index contributed by atoms with van der Waals surface area (Å²) in [5, 5.41) is 22.3. The molecule has 0 amide bonds. The number of hydrogen-bond donors (Lipinski definition) is 0. The maximum absolute atomic E-state index is 11.1. The molecule has 2 bridgehead atoms. The van der Waals surface area contributed by atoms with Gasteiger partial charge in [-0.15, -0.1) is 0 Å². The fourth-order valence-corrected chi connectivity index (χ4v) is 3.33. The Morgan fingerprint density at radius 1 is 0.800 bits per heavy atom. The lowest BCUT2D eigenvalue weighted by Crippen LogP contribution is -2.55. The Morgan fingerprint density at radius 3 is 1.40 bits per heavy atom. The van der Waals surface area contributed by atoms with Crippen molar-refractivity contribution in [2.24, 2.45) is 10.8 Å². The van der Waals surface area contributed by atoms with Gasteiger partial charge < -0.3 is 19.8 Å². The molecule has 0 N–H and O–H groups in total. The highest BCUT2D eigenvalue weighted by Gasteiger charge is 2.49. The van der Waals surface area contributed by atoms with Crippen molar-refractivity contribution in [2.75, 3.05) is 0 Å². The molecule has 2 aliphatic carbocycles. The van der Waals surface area contributed by atoms with Crippen molar-refractivity contribution in [1.29, 1.82) is 0 Å². The molecule has 0 spiro atoms. The average molecular weight is 210 g/mol. The van der Waals surface area contributed by atoms with Crippen LogP contribution in [0.25, 0.3) is 0 Å². The van der Waals surface area contributed by atoms with Crippen LogP contribution in [0.2, 0.25) is 0 Å². The standard InChI is InChI=1S/C11H16O4/c12-8(13)10-3-1-4-11(7-10,9(14)15)6-2-5-10/h1-7H2,(H,12,13)(H,14,15)/p-2. The monoisotopic (exact) mass is 210 g/mol. The Balaban J connectivity index is 2.32. The van der Waals surface area contributed by atoms with Gasteiger partial charge in [0.2, 0.25) is 0 Å². The van der Waals surface area contributed by atoms with Crippen molar-refractivity contribution < 1.29 is 19.8 Å². The molecule has 2 aliphatic rings. The van der Waals surface area contributed by atoms with Crippen LogP contribution in [0.15, 0.2) is 0 Å². The molecule has 0 unspecified atom stereocenters. The van der Waals surface area contributed by atoms with E-state index in [-0.39, 0.29) is 6.42 Å². The van der Waals surface area contributed by atoms with E-state index in [1.54, 1.807) is 0 Å². The van der Waals surface area contributed by atoms with Crippen molar-refractivity contribution in [1.82, 2.24) is 0 Å². The first-order chi connectivity index (χ1) is 7.01. The van der Waals surface area contributed by atoms with Gasteiger partial charge in [0.1, 0.15) is 0 Å². The summed E-state index contributed by atoms with van der Waals surface area (Å²) in [6, 6.07) is 0. The zero-order valence-corrected chi connectivity index (χ0v) is 8.58. The van der Waals surface area contributed by atoms with Gasteiger partial charge in [-0.2, -0.15) is 0 Å². The van der Waals surface area contributed by atoms with Gasteiger partial charge >= 0.3 is 0 Å². The van der Waals surface area contributed by atoms with Gasteiger partial charge in [-0.3, -0.25) is 0 Å². The van der Waals surface area contributed by atoms with Crippen molar-refractivity contribution in [2.45, 2.75) is 44.9 Å². The van der Waals surface area contributed by atoms with Crippen LogP contribution in [0.4, 0.5) is 0 Å². The van der Waals surface area contributed by atoms with Gasteiger partial charge in [0.15, 0.2) is 0 Å². The average Bonchev–Trinajstić information content (AvgIpc) is 2.17. The molecule has 0 atom stereocenters. The third-order valence-corrected chi connectivity index (χ3v) is 4.16. The molecule has 15 heavy (non-hydrogen) atoms. The molecule has 2 fully saturated rings. The van der Waals surface area contributed by atoms with E-state index < -0.39 is 22.8 Å². The van der Waals surface area contributed by atoms with Crippen LogP contribution in [0.1, 0.15) is 44.9 Å². The summed E-state index contributed by atoms with van der Waals surface area (Å²) in [5.74, 6) is -2.15. The number of hydrogen-bond acceptors (Lipinski definition) is 4. The number of carbonyl (C=O) groups excluding carboxylic acids is 2. The number of carboxylic acids is 2. The van der Waals surface area contributed by atoms with Crippen LogP contribution in [0, 0.1) is 10.8 Å². The highest BCUT2D eigenvalue weighted by atomic mass is 16.4. The molecule has 0 heterocycles. The minimum absolute atomic E-state index is 0.213. The molecular formula is C11H14O4-2. The fourth-order valence-electron chi connectivity index (χ4n) is 3.33. The Hall–Kier alpha value is -1.06. The molecular weight excluding hydrogens is 196 g/mol. The van der Waals surface area contributed by atoms with Gasteiger partial charge in [0, 0.05) is 22.8 Å². The van der Waals surface area contributed by atoms with Crippen LogP contribution < -0.4 is 10.2 Å². The van der Waals surface area contributed by atoms with E-state index in [1.807, 2.05) is 0 Å². The zero-order chi connectivity index (χ0) is 11.1. The van der Waals surface area contributed by atoms with Crippen molar-refractivity contribution in [3.63, 3.8) is 0 Å². The molecule has 2 rings (SSSR count). The Kier molecular flexibility index (Phi) is 2.24. The lowest BCUT2D eigenvalue weighted by molar-refractivity contribution is -0.334. The Morgan fingerprint density at radius 2 is 1.13 bits per heavy atom. The minimum atomic E-state index is -1.08. The first kappa shape index (κ1) is 10.5. The van der Waals surface area contributed by atoms with Crippen molar-refractivity contribution in [3.05, 3.63) is 0 Å². The molecule has 0 aliphatic heterocycles. The van der Waals surface area contributed by atoms with E-state index in [0.717, 1.165) is 0 Å². The summed E-state index contributed by atoms with van der Waals surface area (Å²) in [6.07, 6.45) is 3.76. The highest BCUT2D eigenvalue weighted by molar-refractivity contribution is 5.78. The van der Waals surface area contributed by atoms with Crippen molar-refractivity contribution in [3.8, 4) is 0 Å². The SMILES string of the molecule is O=C([O-])C12CCCC(C(=O)[O-])(CCC1)C2. The number of carboxylic acid groups (broad SMARTS) is 2. The molecule has 4 heteroatoms. The third kappa shape index (κ3) is 1.43. The molecule has 0 saturated heterocycles. The lowest BCUT2D eigenvalue weighted by Gasteiger charge is -2.53. The molecule has 4 nitrogen and oxygen atoms in total.